The summed E-state index contributed by atoms with van der Waals surface area (Å²) >= 11 is 5.94. The molecule has 0 aromatic heterocycles. The van der Waals surface area contributed by atoms with Crippen LogP contribution in [0.25, 0.3) is 6.08 Å². The van der Waals surface area contributed by atoms with Crippen LogP contribution in [0.5, 0.6) is 5.75 Å². The molecule has 0 fully saturated rings. The van der Waals surface area contributed by atoms with E-state index in [0.717, 1.165) is 12.1 Å². The summed E-state index contributed by atoms with van der Waals surface area (Å²) in [5, 5.41) is 0.457. The number of esters is 1. The van der Waals surface area contributed by atoms with Crippen LogP contribution >= 0.6 is 11.6 Å². The van der Waals surface area contributed by atoms with Crippen molar-refractivity contribution in [3.05, 3.63) is 69.9 Å². The predicted octanol–water partition coefficient (Wildman–Crippen LogP) is 3.97. The van der Waals surface area contributed by atoms with E-state index in [0.29, 0.717) is 16.3 Å². The molecule has 3 rings (SSSR count). The second-order valence-corrected chi connectivity index (χ2v) is 5.29. The Balaban J connectivity index is 2.00. The van der Waals surface area contributed by atoms with Crippen molar-refractivity contribution in [3.8, 4) is 5.75 Å². The van der Waals surface area contributed by atoms with Crippen molar-refractivity contribution < 1.29 is 23.0 Å². The summed E-state index contributed by atoms with van der Waals surface area (Å²) in [5.74, 6) is -2.37. The zero-order valence-corrected chi connectivity index (χ0v) is 13.1. The van der Waals surface area contributed by atoms with E-state index in [2.05, 4.69) is 4.99 Å². The minimum atomic E-state index is -1.06. The van der Waals surface area contributed by atoms with Gasteiger partial charge in [-0.2, -0.15) is 0 Å². The molecule has 0 spiro atoms. The van der Waals surface area contributed by atoms with Crippen LogP contribution in [0.2, 0.25) is 5.02 Å². The lowest BCUT2D eigenvalue weighted by atomic mass is 10.1. The molecule has 0 atom stereocenters. The monoisotopic (exact) mass is 349 g/mol. The van der Waals surface area contributed by atoms with Gasteiger partial charge in [0, 0.05) is 16.1 Å². The third-order valence-corrected chi connectivity index (χ3v) is 3.51. The maximum Gasteiger partial charge on any atom is 0.363 e. The first-order valence-corrected chi connectivity index (χ1v) is 7.17. The number of halogens is 3. The number of methoxy groups -OCH3 is 1. The van der Waals surface area contributed by atoms with Crippen molar-refractivity contribution in [3.63, 3.8) is 0 Å². The van der Waals surface area contributed by atoms with Gasteiger partial charge in [-0.05, 0) is 42.5 Å². The molecule has 122 valence electrons. The smallest absolute Gasteiger partial charge is 0.363 e. The number of nitrogens with zero attached hydrogens (tertiary/aromatic N) is 1. The van der Waals surface area contributed by atoms with Gasteiger partial charge in [0.2, 0.25) is 5.90 Å². The van der Waals surface area contributed by atoms with E-state index in [1.807, 2.05) is 0 Å². The van der Waals surface area contributed by atoms with E-state index in [1.165, 1.54) is 19.3 Å². The summed E-state index contributed by atoms with van der Waals surface area (Å²) in [6.07, 6.45) is 1.44. The van der Waals surface area contributed by atoms with Gasteiger partial charge in [0.25, 0.3) is 0 Å². The van der Waals surface area contributed by atoms with E-state index in [4.69, 9.17) is 21.1 Å². The number of ether oxygens (including phenoxy) is 2. The van der Waals surface area contributed by atoms with Gasteiger partial charge < -0.3 is 9.47 Å². The van der Waals surface area contributed by atoms with Crippen LogP contribution in [0.3, 0.4) is 0 Å². The summed E-state index contributed by atoms with van der Waals surface area (Å²) in [7, 11) is 1.48. The zero-order valence-electron chi connectivity index (χ0n) is 12.3. The van der Waals surface area contributed by atoms with E-state index in [1.54, 1.807) is 18.2 Å². The molecule has 2 aromatic carbocycles. The molecule has 4 nitrogen and oxygen atoms in total. The number of carbonyl (C=O) groups is 1. The fourth-order valence-electron chi connectivity index (χ4n) is 2.13. The van der Waals surface area contributed by atoms with E-state index in [9.17, 15) is 13.6 Å². The van der Waals surface area contributed by atoms with Crippen molar-refractivity contribution in [2.45, 2.75) is 0 Å². The molecule has 2 aromatic rings. The van der Waals surface area contributed by atoms with Crippen LogP contribution in [0.4, 0.5) is 8.78 Å². The Labute approximate surface area is 141 Å². The number of carbonyl (C=O) groups excluding carboxylic acids is 1. The predicted molar refractivity (Wildman–Crippen MR) is 85.0 cm³/mol. The van der Waals surface area contributed by atoms with Gasteiger partial charge in [-0.25, -0.2) is 18.6 Å². The Morgan fingerprint density at radius 3 is 2.67 bits per heavy atom. The Morgan fingerprint density at radius 1 is 1.17 bits per heavy atom. The average Bonchev–Trinajstić information content (AvgIpc) is 2.91. The first kappa shape index (κ1) is 16.1. The van der Waals surface area contributed by atoms with Crippen molar-refractivity contribution in [2.24, 2.45) is 4.99 Å². The molecule has 7 heteroatoms. The highest BCUT2D eigenvalue weighted by molar-refractivity contribution is 6.30. The van der Waals surface area contributed by atoms with Crippen LogP contribution in [-0.4, -0.2) is 19.0 Å². The van der Waals surface area contributed by atoms with Gasteiger partial charge in [0.15, 0.2) is 17.3 Å². The number of aliphatic imine (C=N–C) groups is 1. The molecule has 0 unspecified atom stereocenters. The molecule has 1 heterocycles. The van der Waals surface area contributed by atoms with Crippen LogP contribution < -0.4 is 4.74 Å². The fraction of sp³-hybridized carbons (Fsp3) is 0.0588. The Hall–Kier alpha value is -2.73. The first-order valence-electron chi connectivity index (χ1n) is 6.79. The Kier molecular flexibility index (Phi) is 4.31. The molecule has 0 bridgehead atoms. The van der Waals surface area contributed by atoms with Gasteiger partial charge in [0.1, 0.15) is 5.75 Å². The first-order chi connectivity index (χ1) is 11.5. The lowest BCUT2D eigenvalue weighted by Gasteiger charge is -2.04. The Bertz CT molecular complexity index is 893. The molecule has 0 amide bonds. The van der Waals surface area contributed by atoms with Gasteiger partial charge in [0.05, 0.1) is 7.11 Å². The number of hydrogen-bond donors (Lipinski definition) is 0. The molecular weight excluding hydrogens is 340 g/mol. The Morgan fingerprint density at radius 2 is 1.96 bits per heavy atom. The lowest BCUT2D eigenvalue weighted by Crippen LogP contribution is -2.06. The minimum absolute atomic E-state index is 0.00435. The van der Waals surface area contributed by atoms with Gasteiger partial charge in [-0.15, -0.1) is 0 Å². The quantitative estimate of drug-likeness (QED) is 0.622. The van der Waals surface area contributed by atoms with Crippen LogP contribution in [0, 0.1) is 11.6 Å². The second kappa shape index (κ2) is 6.41. The van der Waals surface area contributed by atoms with E-state index < -0.39 is 17.6 Å². The highest BCUT2D eigenvalue weighted by atomic mass is 35.5. The molecule has 0 saturated carbocycles. The topological polar surface area (TPSA) is 47.9 Å². The average molecular weight is 350 g/mol. The molecule has 1 aliphatic rings. The van der Waals surface area contributed by atoms with Gasteiger partial charge in [-0.1, -0.05) is 11.6 Å². The molecule has 0 saturated heterocycles. The largest absolute Gasteiger partial charge is 0.496 e. The van der Waals surface area contributed by atoms with Crippen molar-refractivity contribution in [1.82, 2.24) is 0 Å². The summed E-state index contributed by atoms with van der Waals surface area (Å²) in [4.78, 5) is 16.0. The van der Waals surface area contributed by atoms with Crippen LogP contribution in [-0.2, 0) is 9.53 Å². The summed E-state index contributed by atoms with van der Waals surface area (Å²) in [6.45, 7) is 0. The second-order valence-electron chi connectivity index (χ2n) is 4.85. The van der Waals surface area contributed by atoms with Crippen LogP contribution in [0.15, 0.2) is 47.1 Å². The molecule has 24 heavy (non-hydrogen) atoms. The summed E-state index contributed by atoms with van der Waals surface area (Å²) in [6, 6.07) is 8.01. The number of rotatable bonds is 3. The fourth-order valence-corrected chi connectivity index (χ4v) is 2.31. The van der Waals surface area contributed by atoms with Gasteiger partial charge in [-0.3, -0.25) is 0 Å². The molecule has 1 aliphatic heterocycles. The zero-order chi connectivity index (χ0) is 17.3. The standard InChI is InChI=1S/C17H10ClF2NO3/c1-23-15-5-3-11(18)6-10(15)8-14-17(22)24-16(21-14)9-2-4-12(19)13(20)7-9/h2-8H,1H3/b14-8+. The van der Waals surface area contributed by atoms with Crippen molar-refractivity contribution in [1.29, 1.82) is 0 Å². The maximum absolute atomic E-state index is 13.3. The highest BCUT2D eigenvalue weighted by Crippen LogP contribution is 2.27. The highest BCUT2D eigenvalue weighted by Gasteiger charge is 2.25. The molecule has 0 radical (unpaired) electrons. The molecule has 0 aliphatic carbocycles. The van der Waals surface area contributed by atoms with Crippen molar-refractivity contribution >= 4 is 29.5 Å². The third-order valence-electron chi connectivity index (χ3n) is 3.27. The minimum Gasteiger partial charge on any atom is -0.496 e. The third kappa shape index (κ3) is 3.14. The molecular formula is C17H10ClF2NO3. The number of hydrogen-bond acceptors (Lipinski definition) is 4. The normalized spacial score (nSPS) is 15.4. The van der Waals surface area contributed by atoms with E-state index >= 15 is 0 Å². The van der Waals surface area contributed by atoms with Crippen LogP contribution in [0.1, 0.15) is 11.1 Å². The lowest BCUT2D eigenvalue weighted by molar-refractivity contribution is -0.129. The number of cyclic esters (lactones) is 1. The number of benzene rings is 2. The van der Waals surface area contributed by atoms with Crippen molar-refractivity contribution in [2.75, 3.05) is 7.11 Å². The SMILES string of the molecule is COc1ccc(Cl)cc1/C=C1/N=C(c2ccc(F)c(F)c2)OC1=O. The molecule has 0 N–H and O–H groups in total. The van der Waals surface area contributed by atoms with E-state index in [-0.39, 0.29) is 17.2 Å². The van der Waals surface area contributed by atoms with Gasteiger partial charge >= 0.3 is 5.97 Å². The maximum atomic E-state index is 13.3. The summed E-state index contributed by atoms with van der Waals surface area (Å²) in [5.41, 5.74) is 0.686. The summed E-state index contributed by atoms with van der Waals surface area (Å²) < 4.78 is 36.5.